The summed E-state index contributed by atoms with van der Waals surface area (Å²) in [5.74, 6) is -0.733. The van der Waals surface area contributed by atoms with Gasteiger partial charge in [-0.15, -0.1) is 0 Å². The van der Waals surface area contributed by atoms with Crippen LogP contribution in [0.25, 0.3) is 0 Å². The molecule has 0 aromatic heterocycles. The molecule has 0 aliphatic carbocycles. The van der Waals surface area contributed by atoms with Gasteiger partial charge in [0.1, 0.15) is 5.54 Å². The maximum absolute atomic E-state index is 11.7. The van der Waals surface area contributed by atoms with E-state index in [1.165, 1.54) is 20.9 Å². The number of carbonyl (C=O) groups is 1. The van der Waals surface area contributed by atoms with Crippen molar-refractivity contribution in [1.82, 2.24) is 9.03 Å². The van der Waals surface area contributed by atoms with Gasteiger partial charge in [-0.1, -0.05) is 0 Å². The first-order chi connectivity index (χ1) is 7.13. The number of nitrogens with one attached hydrogen (secondary N) is 1. The van der Waals surface area contributed by atoms with Crippen molar-refractivity contribution in [1.29, 1.82) is 0 Å². The number of nitrogens with zero attached hydrogens (tertiary/aromatic N) is 1. The summed E-state index contributed by atoms with van der Waals surface area (Å²) in [6.45, 7) is 3.51. The number of nitrogens with two attached hydrogens (primary N) is 2. The van der Waals surface area contributed by atoms with Gasteiger partial charge in [0, 0.05) is 13.6 Å². The van der Waals surface area contributed by atoms with Gasteiger partial charge in [-0.2, -0.15) is 17.4 Å². The minimum Gasteiger partial charge on any atom is -0.368 e. The Morgan fingerprint density at radius 3 is 2.31 bits per heavy atom. The molecule has 0 bridgehead atoms. The summed E-state index contributed by atoms with van der Waals surface area (Å²) in [7, 11) is -2.30. The van der Waals surface area contributed by atoms with Gasteiger partial charge in [0.25, 0.3) is 10.2 Å². The molecule has 0 unspecified atom stereocenters. The molecule has 0 saturated carbocycles. The lowest BCUT2D eigenvalue weighted by atomic mass is 10.1. The van der Waals surface area contributed by atoms with Gasteiger partial charge in [0.2, 0.25) is 5.91 Å². The van der Waals surface area contributed by atoms with Crippen molar-refractivity contribution < 1.29 is 13.2 Å². The van der Waals surface area contributed by atoms with Crippen molar-refractivity contribution in [2.24, 2.45) is 11.5 Å². The third kappa shape index (κ3) is 4.44. The van der Waals surface area contributed by atoms with Crippen LogP contribution in [0.3, 0.4) is 0 Å². The van der Waals surface area contributed by atoms with Crippen molar-refractivity contribution >= 4 is 16.1 Å². The smallest absolute Gasteiger partial charge is 0.280 e. The molecule has 0 rings (SSSR count). The normalized spacial score (nSPS) is 13.1. The largest absolute Gasteiger partial charge is 0.368 e. The Morgan fingerprint density at radius 1 is 1.44 bits per heavy atom. The van der Waals surface area contributed by atoms with Gasteiger partial charge < -0.3 is 11.5 Å². The van der Waals surface area contributed by atoms with Crippen LogP contribution >= 0.6 is 0 Å². The number of hydrogen-bond donors (Lipinski definition) is 3. The Labute approximate surface area is 96.3 Å². The molecule has 7 nitrogen and oxygen atoms in total. The van der Waals surface area contributed by atoms with E-state index in [9.17, 15) is 13.2 Å². The summed E-state index contributed by atoms with van der Waals surface area (Å²) in [5.41, 5.74) is 9.04. The molecule has 5 N–H and O–H groups in total. The number of primary amides is 1. The molecule has 8 heteroatoms. The summed E-state index contributed by atoms with van der Waals surface area (Å²) in [6.07, 6.45) is 0.550. The number of rotatable bonds is 7. The van der Waals surface area contributed by atoms with E-state index in [2.05, 4.69) is 4.72 Å². The molecular weight excluding hydrogens is 232 g/mol. The fourth-order valence-electron chi connectivity index (χ4n) is 0.885. The van der Waals surface area contributed by atoms with E-state index in [-0.39, 0.29) is 0 Å². The SMILES string of the molecule is CN(CCCN)S(=O)(=O)NC(C)(C)C(N)=O. The van der Waals surface area contributed by atoms with E-state index >= 15 is 0 Å². The third-order valence-corrected chi connectivity index (χ3v) is 3.86. The molecule has 0 heterocycles. The Morgan fingerprint density at radius 2 is 1.94 bits per heavy atom. The highest BCUT2D eigenvalue weighted by Crippen LogP contribution is 2.06. The average Bonchev–Trinajstić information content (AvgIpc) is 2.12. The Kier molecular flexibility index (Phi) is 5.33. The van der Waals surface area contributed by atoms with Crippen molar-refractivity contribution in [3.8, 4) is 0 Å². The van der Waals surface area contributed by atoms with Crippen molar-refractivity contribution in [2.75, 3.05) is 20.1 Å². The van der Waals surface area contributed by atoms with Crippen molar-refractivity contribution in [3.63, 3.8) is 0 Å². The summed E-state index contributed by atoms with van der Waals surface area (Å²) in [5, 5.41) is 0. The lowest BCUT2D eigenvalue weighted by Crippen LogP contribution is -2.56. The molecule has 1 amide bonds. The van der Waals surface area contributed by atoms with Crippen LogP contribution in [0.1, 0.15) is 20.3 Å². The summed E-state index contributed by atoms with van der Waals surface area (Å²) >= 11 is 0. The highest BCUT2D eigenvalue weighted by Gasteiger charge is 2.32. The van der Waals surface area contributed by atoms with Crippen LogP contribution in [0, 0.1) is 0 Å². The second kappa shape index (κ2) is 5.58. The van der Waals surface area contributed by atoms with Crippen LogP contribution in [0.15, 0.2) is 0 Å². The van der Waals surface area contributed by atoms with Crippen molar-refractivity contribution in [3.05, 3.63) is 0 Å². The van der Waals surface area contributed by atoms with Gasteiger partial charge in [0.15, 0.2) is 0 Å². The summed E-state index contributed by atoms with van der Waals surface area (Å²) in [6, 6.07) is 0. The fraction of sp³-hybridized carbons (Fsp3) is 0.875. The van der Waals surface area contributed by atoms with E-state index in [1.807, 2.05) is 0 Å². The zero-order valence-electron chi connectivity index (χ0n) is 9.86. The standard InChI is InChI=1S/C8H20N4O3S/c1-8(2,7(10)13)11-16(14,15)12(3)6-4-5-9/h11H,4-6,9H2,1-3H3,(H2,10,13). The zero-order valence-corrected chi connectivity index (χ0v) is 10.7. The maximum atomic E-state index is 11.7. The molecule has 0 saturated heterocycles. The van der Waals surface area contributed by atoms with Crippen LogP contribution in [0.4, 0.5) is 0 Å². The van der Waals surface area contributed by atoms with Gasteiger partial charge in [-0.05, 0) is 26.8 Å². The number of hydrogen-bond acceptors (Lipinski definition) is 4. The average molecular weight is 252 g/mol. The number of amides is 1. The molecular formula is C8H20N4O3S. The molecule has 0 atom stereocenters. The summed E-state index contributed by atoms with van der Waals surface area (Å²) < 4.78 is 26.8. The van der Waals surface area contributed by atoms with Crippen LogP contribution in [0.5, 0.6) is 0 Å². The van der Waals surface area contributed by atoms with Crippen LogP contribution < -0.4 is 16.2 Å². The predicted molar refractivity (Wildman–Crippen MR) is 61.6 cm³/mol. The van der Waals surface area contributed by atoms with Crippen LogP contribution in [-0.4, -0.2) is 44.3 Å². The highest BCUT2D eigenvalue weighted by atomic mass is 32.2. The van der Waals surface area contributed by atoms with Gasteiger partial charge in [0.05, 0.1) is 0 Å². The van der Waals surface area contributed by atoms with Crippen LogP contribution in [-0.2, 0) is 15.0 Å². The molecule has 16 heavy (non-hydrogen) atoms. The lowest BCUT2D eigenvalue weighted by Gasteiger charge is -2.26. The third-order valence-electron chi connectivity index (χ3n) is 2.09. The Balaban J connectivity index is 4.63. The van der Waals surface area contributed by atoms with E-state index in [0.29, 0.717) is 19.5 Å². The Hall–Kier alpha value is -0.700. The number of carbonyl (C=O) groups excluding carboxylic acids is 1. The summed E-state index contributed by atoms with van der Waals surface area (Å²) in [4.78, 5) is 11.0. The van der Waals surface area contributed by atoms with E-state index in [1.54, 1.807) is 0 Å². The molecule has 0 aromatic rings. The quantitative estimate of drug-likeness (QED) is 0.503. The predicted octanol–water partition coefficient (Wildman–Crippen LogP) is -1.63. The first-order valence-electron chi connectivity index (χ1n) is 4.88. The molecule has 0 aromatic carbocycles. The maximum Gasteiger partial charge on any atom is 0.280 e. The van der Waals surface area contributed by atoms with E-state index in [4.69, 9.17) is 11.5 Å². The lowest BCUT2D eigenvalue weighted by molar-refractivity contribution is -0.122. The fourth-order valence-corrected chi connectivity index (χ4v) is 2.16. The molecule has 0 radical (unpaired) electrons. The van der Waals surface area contributed by atoms with Crippen LogP contribution in [0.2, 0.25) is 0 Å². The minimum absolute atomic E-state index is 0.292. The van der Waals surface area contributed by atoms with E-state index in [0.717, 1.165) is 4.31 Å². The molecule has 0 fully saturated rings. The first kappa shape index (κ1) is 15.3. The molecule has 0 aliphatic heterocycles. The second-order valence-electron chi connectivity index (χ2n) is 4.06. The molecule has 0 aliphatic rings. The van der Waals surface area contributed by atoms with Crippen molar-refractivity contribution in [2.45, 2.75) is 25.8 Å². The first-order valence-corrected chi connectivity index (χ1v) is 6.32. The van der Waals surface area contributed by atoms with E-state index < -0.39 is 21.7 Å². The minimum atomic E-state index is -3.71. The zero-order chi connectivity index (χ0) is 13.0. The van der Waals surface area contributed by atoms with Gasteiger partial charge >= 0.3 is 0 Å². The Bertz CT molecular complexity index is 339. The second-order valence-corrected chi connectivity index (χ2v) is 5.84. The molecule has 96 valence electrons. The monoisotopic (exact) mass is 252 g/mol. The topological polar surface area (TPSA) is 119 Å². The highest BCUT2D eigenvalue weighted by molar-refractivity contribution is 7.87. The molecule has 0 spiro atoms. The van der Waals surface area contributed by atoms with Gasteiger partial charge in [-0.25, -0.2) is 0 Å². The van der Waals surface area contributed by atoms with Gasteiger partial charge in [-0.3, -0.25) is 4.79 Å².